The molecule has 2 saturated heterocycles. The monoisotopic (exact) mass is 521 g/mol. The summed E-state index contributed by atoms with van der Waals surface area (Å²) in [6, 6.07) is 10.1. The van der Waals surface area contributed by atoms with E-state index in [1.54, 1.807) is 23.1 Å². The van der Waals surface area contributed by atoms with Gasteiger partial charge in [-0.25, -0.2) is 0 Å². The van der Waals surface area contributed by atoms with Crippen LogP contribution in [-0.4, -0.2) is 72.2 Å². The average Bonchev–Trinajstić information content (AvgIpc) is 3.29. The van der Waals surface area contributed by atoms with Crippen LogP contribution in [0.15, 0.2) is 36.4 Å². The number of likely N-dealkylation sites (tertiary alicyclic amines) is 1. The standard InChI is InChI=1S/C29H35N3O6/c1-18(2)25(28(35)31-12-10-29(11-13-31)36-14-15-37-29)32-17-24(33)30-23-9-8-21(16-22(23)27(32)34)38-26-19(3)6-5-7-20(26)4/h5-9,16,18,25H,10-15,17H2,1-4H3,(H,30,33)/t25-/m1/s1. The van der Waals surface area contributed by atoms with E-state index in [0.717, 1.165) is 16.9 Å². The van der Waals surface area contributed by atoms with Crippen LogP contribution >= 0.6 is 0 Å². The van der Waals surface area contributed by atoms with Gasteiger partial charge in [-0.15, -0.1) is 0 Å². The molecule has 2 aromatic carbocycles. The first-order valence-corrected chi connectivity index (χ1v) is 13.2. The Kier molecular flexibility index (Phi) is 7.15. The Morgan fingerprint density at radius 3 is 2.32 bits per heavy atom. The summed E-state index contributed by atoms with van der Waals surface area (Å²) in [5, 5.41) is 2.83. The van der Waals surface area contributed by atoms with Crippen LogP contribution in [0.2, 0.25) is 0 Å². The molecule has 2 aromatic rings. The van der Waals surface area contributed by atoms with Gasteiger partial charge < -0.3 is 29.3 Å². The van der Waals surface area contributed by atoms with Gasteiger partial charge in [0.25, 0.3) is 5.91 Å². The van der Waals surface area contributed by atoms with Gasteiger partial charge in [0, 0.05) is 25.9 Å². The largest absolute Gasteiger partial charge is 0.457 e. The molecule has 9 heteroatoms. The minimum atomic E-state index is -0.790. The van der Waals surface area contributed by atoms with Crippen LogP contribution in [0.5, 0.6) is 11.5 Å². The molecule has 3 aliphatic heterocycles. The van der Waals surface area contributed by atoms with Gasteiger partial charge in [0.1, 0.15) is 24.1 Å². The number of anilines is 1. The minimum Gasteiger partial charge on any atom is -0.457 e. The normalized spacial score (nSPS) is 19.8. The van der Waals surface area contributed by atoms with E-state index in [0.29, 0.717) is 56.1 Å². The number of hydrogen-bond donors (Lipinski definition) is 1. The Balaban J connectivity index is 1.41. The highest BCUT2D eigenvalue weighted by molar-refractivity contribution is 6.10. The summed E-state index contributed by atoms with van der Waals surface area (Å²) in [5.41, 5.74) is 2.65. The zero-order chi connectivity index (χ0) is 27.0. The maximum atomic E-state index is 13.9. The van der Waals surface area contributed by atoms with Crippen molar-refractivity contribution in [2.45, 2.75) is 52.4 Å². The topological polar surface area (TPSA) is 97.4 Å². The SMILES string of the molecule is Cc1cccc(C)c1Oc1ccc2c(c1)C(=O)N([C@@H](C(=O)N1CCC3(CC1)OCCO3)C(C)C)CC(=O)N2. The van der Waals surface area contributed by atoms with Crippen LogP contribution in [0, 0.1) is 19.8 Å². The van der Waals surface area contributed by atoms with Crippen molar-refractivity contribution in [3.8, 4) is 11.5 Å². The van der Waals surface area contributed by atoms with Crippen molar-refractivity contribution in [3.63, 3.8) is 0 Å². The highest BCUT2D eigenvalue weighted by atomic mass is 16.7. The van der Waals surface area contributed by atoms with Gasteiger partial charge >= 0.3 is 0 Å². The second-order valence-electron chi connectivity index (χ2n) is 10.6. The molecule has 3 aliphatic rings. The van der Waals surface area contributed by atoms with Gasteiger partial charge in [-0.1, -0.05) is 32.0 Å². The van der Waals surface area contributed by atoms with Crippen LogP contribution < -0.4 is 10.1 Å². The molecule has 9 nitrogen and oxygen atoms in total. The summed E-state index contributed by atoms with van der Waals surface area (Å²) < 4.78 is 17.8. The Labute approximate surface area is 223 Å². The second kappa shape index (κ2) is 10.4. The van der Waals surface area contributed by atoms with E-state index in [9.17, 15) is 14.4 Å². The summed E-state index contributed by atoms with van der Waals surface area (Å²) in [5.74, 6) is -0.492. The van der Waals surface area contributed by atoms with E-state index in [1.165, 1.54) is 4.90 Å². The molecule has 0 unspecified atom stereocenters. The lowest BCUT2D eigenvalue weighted by molar-refractivity contribution is -0.188. The quantitative estimate of drug-likeness (QED) is 0.642. The number of hydrogen-bond acceptors (Lipinski definition) is 6. The zero-order valence-electron chi connectivity index (χ0n) is 22.4. The first-order valence-electron chi connectivity index (χ1n) is 13.2. The molecular formula is C29H35N3O6. The molecule has 0 radical (unpaired) electrons. The fourth-order valence-corrected chi connectivity index (χ4v) is 5.57. The van der Waals surface area contributed by atoms with Gasteiger partial charge in [-0.05, 0) is 49.1 Å². The Morgan fingerprint density at radius 2 is 1.68 bits per heavy atom. The van der Waals surface area contributed by atoms with Gasteiger partial charge in [-0.2, -0.15) is 0 Å². The fraction of sp³-hybridized carbons (Fsp3) is 0.483. The van der Waals surface area contributed by atoms with Gasteiger partial charge in [0.15, 0.2) is 5.79 Å². The van der Waals surface area contributed by atoms with Crippen molar-refractivity contribution in [3.05, 3.63) is 53.1 Å². The zero-order valence-corrected chi connectivity index (χ0v) is 22.4. The molecule has 1 N–H and O–H groups in total. The molecule has 2 fully saturated rings. The molecule has 3 heterocycles. The third-order valence-corrected chi connectivity index (χ3v) is 7.57. The van der Waals surface area contributed by atoms with Crippen molar-refractivity contribution in [2.75, 3.05) is 38.2 Å². The molecule has 1 spiro atoms. The molecule has 3 amide bonds. The molecular weight excluding hydrogens is 486 g/mol. The number of ether oxygens (including phenoxy) is 3. The second-order valence-corrected chi connectivity index (χ2v) is 10.6. The number of fused-ring (bicyclic) bond motifs is 1. The van der Waals surface area contributed by atoms with E-state index in [1.807, 2.05) is 45.9 Å². The van der Waals surface area contributed by atoms with Crippen molar-refractivity contribution in [1.82, 2.24) is 9.80 Å². The number of carbonyl (C=O) groups is 3. The molecule has 5 rings (SSSR count). The third-order valence-electron chi connectivity index (χ3n) is 7.57. The van der Waals surface area contributed by atoms with Crippen molar-refractivity contribution < 1.29 is 28.6 Å². The Bertz CT molecular complexity index is 1220. The minimum absolute atomic E-state index is 0.166. The number of aryl methyl sites for hydroxylation is 2. The van der Waals surface area contributed by atoms with Gasteiger partial charge in [0.05, 0.1) is 24.5 Å². The van der Waals surface area contributed by atoms with Crippen molar-refractivity contribution in [2.24, 2.45) is 5.92 Å². The van der Waals surface area contributed by atoms with Crippen LogP contribution in [0.25, 0.3) is 0 Å². The maximum absolute atomic E-state index is 13.9. The molecule has 0 aromatic heterocycles. The molecule has 0 saturated carbocycles. The van der Waals surface area contributed by atoms with Crippen LogP contribution in [0.4, 0.5) is 5.69 Å². The van der Waals surface area contributed by atoms with Crippen molar-refractivity contribution in [1.29, 1.82) is 0 Å². The number of amides is 3. The van der Waals surface area contributed by atoms with Crippen LogP contribution in [0.3, 0.4) is 0 Å². The number of piperidine rings is 1. The van der Waals surface area contributed by atoms with E-state index >= 15 is 0 Å². The first-order chi connectivity index (χ1) is 18.2. The van der Waals surface area contributed by atoms with Crippen LogP contribution in [-0.2, 0) is 19.1 Å². The van der Waals surface area contributed by atoms with Gasteiger partial charge in [-0.3, -0.25) is 14.4 Å². The maximum Gasteiger partial charge on any atom is 0.257 e. The lowest BCUT2D eigenvalue weighted by Gasteiger charge is -2.41. The number of rotatable bonds is 5. The van der Waals surface area contributed by atoms with Crippen molar-refractivity contribution >= 4 is 23.4 Å². The summed E-state index contributed by atoms with van der Waals surface area (Å²) in [6.07, 6.45) is 1.17. The summed E-state index contributed by atoms with van der Waals surface area (Å²) >= 11 is 0. The Hall–Kier alpha value is -3.43. The fourth-order valence-electron chi connectivity index (χ4n) is 5.57. The lowest BCUT2D eigenvalue weighted by atomic mass is 9.97. The number of para-hydroxylation sites is 1. The number of nitrogens with one attached hydrogen (secondary N) is 1. The first kappa shape index (κ1) is 26.2. The molecule has 202 valence electrons. The third kappa shape index (κ3) is 5.00. The van der Waals surface area contributed by atoms with E-state index in [4.69, 9.17) is 14.2 Å². The predicted molar refractivity (Wildman–Crippen MR) is 141 cm³/mol. The predicted octanol–water partition coefficient (Wildman–Crippen LogP) is 3.88. The average molecular weight is 522 g/mol. The van der Waals surface area contributed by atoms with Crippen LogP contribution in [0.1, 0.15) is 48.2 Å². The molecule has 1 atom stereocenters. The van der Waals surface area contributed by atoms with E-state index in [2.05, 4.69) is 5.32 Å². The lowest BCUT2D eigenvalue weighted by Crippen LogP contribution is -2.57. The summed E-state index contributed by atoms with van der Waals surface area (Å²) in [6.45, 7) is 9.59. The summed E-state index contributed by atoms with van der Waals surface area (Å²) in [7, 11) is 0. The number of carbonyl (C=O) groups excluding carboxylic acids is 3. The van der Waals surface area contributed by atoms with E-state index < -0.39 is 11.8 Å². The Morgan fingerprint density at radius 1 is 1.03 bits per heavy atom. The highest BCUT2D eigenvalue weighted by Crippen LogP contribution is 2.35. The molecule has 38 heavy (non-hydrogen) atoms. The highest BCUT2D eigenvalue weighted by Gasteiger charge is 2.44. The summed E-state index contributed by atoms with van der Waals surface area (Å²) in [4.78, 5) is 43.8. The van der Waals surface area contributed by atoms with E-state index in [-0.39, 0.29) is 30.2 Å². The molecule has 0 aliphatic carbocycles. The smallest absolute Gasteiger partial charge is 0.257 e. The number of benzene rings is 2. The molecule has 0 bridgehead atoms. The number of nitrogens with zero attached hydrogens (tertiary/aromatic N) is 2. The van der Waals surface area contributed by atoms with Gasteiger partial charge in [0.2, 0.25) is 11.8 Å².